The van der Waals surface area contributed by atoms with E-state index in [1.807, 2.05) is 0 Å². The SMILES string of the molecule is CCNC(=NCC(C)CN1CCCCC1)N(C)CC1CCOC1. The van der Waals surface area contributed by atoms with Crippen molar-refractivity contribution in [1.82, 2.24) is 15.1 Å². The van der Waals surface area contributed by atoms with Crippen molar-refractivity contribution in [2.75, 3.05) is 59.5 Å². The zero-order valence-electron chi connectivity index (χ0n) is 15.4. The van der Waals surface area contributed by atoms with E-state index >= 15 is 0 Å². The maximum Gasteiger partial charge on any atom is 0.193 e. The van der Waals surface area contributed by atoms with Gasteiger partial charge in [0.15, 0.2) is 5.96 Å². The van der Waals surface area contributed by atoms with Crippen LogP contribution in [0.1, 0.15) is 39.5 Å². The van der Waals surface area contributed by atoms with Gasteiger partial charge in [-0.25, -0.2) is 0 Å². The number of rotatable bonds is 7. The summed E-state index contributed by atoms with van der Waals surface area (Å²) < 4.78 is 5.49. The van der Waals surface area contributed by atoms with Gasteiger partial charge in [0.1, 0.15) is 0 Å². The molecule has 2 fully saturated rings. The summed E-state index contributed by atoms with van der Waals surface area (Å²) in [5.74, 6) is 2.31. The van der Waals surface area contributed by atoms with Gasteiger partial charge in [0.2, 0.25) is 0 Å². The third-order valence-electron chi connectivity index (χ3n) is 4.82. The first kappa shape index (κ1) is 18.5. The molecule has 0 bridgehead atoms. The molecular weight excluding hydrogens is 288 g/mol. The van der Waals surface area contributed by atoms with Gasteiger partial charge in [-0.3, -0.25) is 4.99 Å². The molecule has 134 valence electrons. The van der Waals surface area contributed by atoms with Crippen LogP contribution in [0.4, 0.5) is 0 Å². The van der Waals surface area contributed by atoms with Crippen molar-refractivity contribution in [3.05, 3.63) is 0 Å². The van der Waals surface area contributed by atoms with E-state index in [1.54, 1.807) is 0 Å². The van der Waals surface area contributed by atoms with Gasteiger partial charge >= 0.3 is 0 Å². The largest absolute Gasteiger partial charge is 0.381 e. The van der Waals surface area contributed by atoms with Gasteiger partial charge in [-0.15, -0.1) is 0 Å². The fourth-order valence-electron chi connectivity index (χ4n) is 3.55. The molecule has 0 aromatic heterocycles. The number of nitrogens with zero attached hydrogens (tertiary/aromatic N) is 3. The fraction of sp³-hybridized carbons (Fsp3) is 0.944. The molecule has 1 N–H and O–H groups in total. The van der Waals surface area contributed by atoms with Crippen molar-refractivity contribution in [2.45, 2.75) is 39.5 Å². The molecule has 2 heterocycles. The number of ether oxygens (including phenoxy) is 1. The summed E-state index contributed by atoms with van der Waals surface area (Å²) in [5, 5.41) is 3.44. The third-order valence-corrected chi connectivity index (χ3v) is 4.82. The summed E-state index contributed by atoms with van der Waals surface area (Å²) in [6.45, 7) is 12.9. The highest BCUT2D eigenvalue weighted by Gasteiger charge is 2.19. The number of guanidine groups is 1. The summed E-state index contributed by atoms with van der Waals surface area (Å²) in [5.41, 5.74) is 0. The smallest absolute Gasteiger partial charge is 0.193 e. The molecule has 2 unspecified atom stereocenters. The van der Waals surface area contributed by atoms with E-state index in [4.69, 9.17) is 9.73 Å². The number of likely N-dealkylation sites (tertiary alicyclic amines) is 1. The average Bonchev–Trinajstić information content (AvgIpc) is 3.05. The van der Waals surface area contributed by atoms with Crippen LogP contribution in [0.2, 0.25) is 0 Å². The van der Waals surface area contributed by atoms with Gasteiger partial charge in [0.05, 0.1) is 6.61 Å². The second-order valence-corrected chi connectivity index (χ2v) is 7.27. The Labute approximate surface area is 142 Å². The van der Waals surface area contributed by atoms with Gasteiger partial charge in [-0.05, 0) is 45.2 Å². The van der Waals surface area contributed by atoms with E-state index in [0.717, 1.165) is 38.8 Å². The van der Waals surface area contributed by atoms with Crippen molar-refractivity contribution in [1.29, 1.82) is 0 Å². The Morgan fingerprint density at radius 2 is 2.13 bits per heavy atom. The third kappa shape index (κ3) is 6.68. The van der Waals surface area contributed by atoms with Crippen LogP contribution in [-0.4, -0.2) is 75.3 Å². The molecular formula is C18H36N4O. The number of hydrogen-bond donors (Lipinski definition) is 1. The number of nitrogens with one attached hydrogen (secondary N) is 1. The molecule has 0 aromatic rings. The Hall–Kier alpha value is -0.810. The molecule has 0 amide bonds. The minimum absolute atomic E-state index is 0.616. The van der Waals surface area contributed by atoms with Gasteiger partial charge in [-0.1, -0.05) is 13.3 Å². The van der Waals surface area contributed by atoms with Crippen molar-refractivity contribution in [2.24, 2.45) is 16.8 Å². The Kier molecular flexibility index (Phi) is 8.17. The molecule has 2 aliphatic heterocycles. The van der Waals surface area contributed by atoms with Crippen molar-refractivity contribution in [3.63, 3.8) is 0 Å². The maximum absolute atomic E-state index is 5.49. The molecule has 5 heteroatoms. The Morgan fingerprint density at radius 1 is 1.35 bits per heavy atom. The zero-order chi connectivity index (χ0) is 16.5. The Morgan fingerprint density at radius 3 is 2.78 bits per heavy atom. The van der Waals surface area contributed by atoms with E-state index in [9.17, 15) is 0 Å². The minimum atomic E-state index is 0.616. The van der Waals surface area contributed by atoms with Gasteiger partial charge in [-0.2, -0.15) is 0 Å². The van der Waals surface area contributed by atoms with Crippen LogP contribution in [0.25, 0.3) is 0 Å². The molecule has 2 rings (SSSR count). The molecule has 2 aliphatic rings. The van der Waals surface area contributed by atoms with Crippen LogP contribution in [0.3, 0.4) is 0 Å². The standard InChI is InChI=1S/C18H36N4O/c1-4-19-18(21(3)14-17-8-11-23-15-17)20-12-16(2)13-22-9-6-5-7-10-22/h16-17H,4-15H2,1-3H3,(H,19,20). The summed E-state index contributed by atoms with van der Waals surface area (Å²) in [4.78, 5) is 9.77. The van der Waals surface area contributed by atoms with E-state index in [2.05, 4.69) is 36.0 Å². The van der Waals surface area contributed by atoms with Crippen LogP contribution in [0.5, 0.6) is 0 Å². The Balaban J connectivity index is 1.78. The molecule has 5 nitrogen and oxygen atoms in total. The number of hydrogen-bond acceptors (Lipinski definition) is 3. The average molecular weight is 325 g/mol. The van der Waals surface area contributed by atoms with Crippen LogP contribution >= 0.6 is 0 Å². The molecule has 23 heavy (non-hydrogen) atoms. The zero-order valence-corrected chi connectivity index (χ0v) is 15.4. The van der Waals surface area contributed by atoms with Gasteiger partial charge in [0, 0.05) is 45.8 Å². The fourth-order valence-corrected chi connectivity index (χ4v) is 3.55. The summed E-state index contributed by atoms with van der Waals surface area (Å²) >= 11 is 0. The lowest BCUT2D eigenvalue weighted by atomic mass is 10.1. The monoisotopic (exact) mass is 324 g/mol. The topological polar surface area (TPSA) is 40.1 Å². The highest BCUT2D eigenvalue weighted by molar-refractivity contribution is 5.79. The van der Waals surface area contributed by atoms with Crippen molar-refractivity contribution in [3.8, 4) is 0 Å². The predicted octanol–water partition coefficient (Wildman–Crippen LogP) is 2.04. The van der Waals surface area contributed by atoms with Crippen LogP contribution in [0.15, 0.2) is 4.99 Å². The number of aliphatic imine (C=N–C) groups is 1. The molecule has 0 saturated carbocycles. The van der Waals surface area contributed by atoms with Crippen molar-refractivity contribution >= 4 is 5.96 Å². The summed E-state index contributed by atoms with van der Waals surface area (Å²) in [6.07, 6.45) is 5.31. The summed E-state index contributed by atoms with van der Waals surface area (Å²) in [7, 11) is 2.15. The molecule has 0 aliphatic carbocycles. The predicted molar refractivity (Wildman–Crippen MR) is 97.0 cm³/mol. The molecule has 0 aromatic carbocycles. The quantitative estimate of drug-likeness (QED) is 0.575. The van der Waals surface area contributed by atoms with Gasteiger partial charge < -0.3 is 19.9 Å². The molecule has 2 saturated heterocycles. The molecule has 0 spiro atoms. The molecule has 2 atom stereocenters. The first-order valence-corrected chi connectivity index (χ1v) is 9.48. The highest BCUT2D eigenvalue weighted by Crippen LogP contribution is 2.14. The van der Waals surface area contributed by atoms with E-state index in [1.165, 1.54) is 45.3 Å². The first-order chi connectivity index (χ1) is 11.2. The summed E-state index contributed by atoms with van der Waals surface area (Å²) in [6, 6.07) is 0. The lowest BCUT2D eigenvalue weighted by Crippen LogP contribution is -2.42. The normalized spacial score (nSPS) is 24.7. The van der Waals surface area contributed by atoms with Crippen LogP contribution in [-0.2, 0) is 4.74 Å². The van der Waals surface area contributed by atoms with E-state index in [0.29, 0.717) is 11.8 Å². The number of piperidine rings is 1. The lowest BCUT2D eigenvalue weighted by Gasteiger charge is -2.29. The molecule has 0 radical (unpaired) electrons. The Bertz CT molecular complexity index is 349. The van der Waals surface area contributed by atoms with Gasteiger partial charge in [0.25, 0.3) is 0 Å². The first-order valence-electron chi connectivity index (χ1n) is 9.48. The maximum atomic E-state index is 5.49. The second-order valence-electron chi connectivity index (χ2n) is 7.27. The minimum Gasteiger partial charge on any atom is -0.381 e. The van der Waals surface area contributed by atoms with Crippen LogP contribution < -0.4 is 5.32 Å². The van der Waals surface area contributed by atoms with E-state index < -0.39 is 0 Å². The van der Waals surface area contributed by atoms with E-state index in [-0.39, 0.29) is 0 Å². The second kappa shape index (κ2) is 10.1. The highest BCUT2D eigenvalue weighted by atomic mass is 16.5. The lowest BCUT2D eigenvalue weighted by molar-refractivity contribution is 0.181. The van der Waals surface area contributed by atoms with Crippen LogP contribution in [0, 0.1) is 11.8 Å². The van der Waals surface area contributed by atoms with Crippen molar-refractivity contribution < 1.29 is 4.74 Å².